The second kappa shape index (κ2) is 4.76. The van der Waals surface area contributed by atoms with Crippen LogP contribution in [0, 0.1) is 6.92 Å². The summed E-state index contributed by atoms with van der Waals surface area (Å²) >= 11 is 3.45. The van der Waals surface area contributed by atoms with Gasteiger partial charge in [-0.3, -0.25) is 0 Å². The van der Waals surface area contributed by atoms with Crippen LogP contribution in [-0.2, 0) is 0 Å². The van der Waals surface area contributed by atoms with Gasteiger partial charge in [0, 0.05) is 4.47 Å². The molecule has 0 radical (unpaired) electrons. The lowest BCUT2D eigenvalue weighted by molar-refractivity contribution is 0.227. The lowest BCUT2D eigenvalue weighted by atomic mass is 10.1. The van der Waals surface area contributed by atoms with E-state index in [4.69, 9.17) is 0 Å². The monoisotopic (exact) mass is 254 g/mol. The van der Waals surface area contributed by atoms with Crippen LogP contribution in [0.2, 0.25) is 0 Å². The van der Waals surface area contributed by atoms with E-state index in [1.807, 2.05) is 45.0 Å². The number of aliphatic hydroxyl groups is 1. The molecule has 76 valence electrons. The summed E-state index contributed by atoms with van der Waals surface area (Å²) < 4.78 is 0.961. The normalized spacial score (nSPS) is 12.4. The summed E-state index contributed by atoms with van der Waals surface area (Å²) in [6, 6.07) is 5.96. The number of allylic oxidation sites excluding steroid dienone is 1. The fourth-order valence-corrected chi connectivity index (χ4v) is 2.01. The first-order valence-electron chi connectivity index (χ1n) is 4.60. The maximum atomic E-state index is 9.86. The fraction of sp³-hybridized carbons (Fsp3) is 0.333. The maximum Gasteiger partial charge on any atom is 0.0985 e. The van der Waals surface area contributed by atoms with Gasteiger partial charge in [0.25, 0.3) is 0 Å². The molecule has 0 saturated carbocycles. The summed E-state index contributed by atoms with van der Waals surface area (Å²) in [5.74, 6) is 0. The maximum absolute atomic E-state index is 9.86. The van der Waals surface area contributed by atoms with E-state index in [1.165, 1.54) is 5.56 Å². The van der Waals surface area contributed by atoms with Crippen molar-refractivity contribution in [3.05, 3.63) is 45.4 Å². The van der Waals surface area contributed by atoms with Gasteiger partial charge in [-0.05, 0) is 38.0 Å². The SMILES string of the molecule is CC(C)=CC(O)c1ccc(C)cc1Br. The molecule has 0 aliphatic carbocycles. The molecule has 1 rings (SSSR count). The smallest absolute Gasteiger partial charge is 0.0985 e. The van der Waals surface area contributed by atoms with Gasteiger partial charge in [0.1, 0.15) is 0 Å². The first-order chi connectivity index (χ1) is 6.50. The topological polar surface area (TPSA) is 20.2 Å². The summed E-state index contributed by atoms with van der Waals surface area (Å²) in [7, 11) is 0. The molecule has 1 aromatic rings. The third-order valence-corrected chi connectivity index (χ3v) is 2.65. The minimum atomic E-state index is -0.519. The van der Waals surface area contributed by atoms with Crippen molar-refractivity contribution < 1.29 is 5.11 Å². The van der Waals surface area contributed by atoms with Gasteiger partial charge in [-0.25, -0.2) is 0 Å². The van der Waals surface area contributed by atoms with Crippen LogP contribution in [0.25, 0.3) is 0 Å². The average Bonchev–Trinajstić information content (AvgIpc) is 2.01. The van der Waals surface area contributed by atoms with Crippen molar-refractivity contribution in [2.24, 2.45) is 0 Å². The van der Waals surface area contributed by atoms with Crippen LogP contribution in [0.15, 0.2) is 34.3 Å². The van der Waals surface area contributed by atoms with Crippen molar-refractivity contribution >= 4 is 15.9 Å². The molecule has 0 saturated heterocycles. The molecule has 0 fully saturated rings. The van der Waals surface area contributed by atoms with Gasteiger partial charge in [0.2, 0.25) is 0 Å². The second-order valence-electron chi connectivity index (χ2n) is 3.71. The Labute approximate surface area is 93.6 Å². The molecule has 2 heteroatoms. The first kappa shape index (κ1) is 11.5. The summed E-state index contributed by atoms with van der Waals surface area (Å²) in [6.07, 6.45) is 1.32. The summed E-state index contributed by atoms with van der Waals surface area (Å²) in [4.78, 5) is 0. The predicted molar refractivity (Wildman–Crippen MR) is 63.3 cm³/mol. The van der Waals surface area contributed by atoms with Crippen LogP contribution >= 0.6 is 15.9 Å². The van der Waals surface area contributed by atoms with Crippen LogP contribution in [0.3, 0.4) is 0 Å². The molecule has 0 spiro atoms. The van der Waals surface area contributed by atoms with Gasteiger partial charge in [-0.15, -0.1) is 0 Å². The summed E-state index contributed by atoms with van der Waals surface area (Å²) in [6.45, 7) is 5.98. The molecule has 0 bridgehead atoms. The zero-order chi connectivity index (χ0) is 10.7. The van der Waals surface area contributed by atoms with E-state index < -0.39 is 6.10 Å². The van der Waals surface area contributed by atoms with E-state index in [0.717, 1.165) is 15.6 Å². The van der Waals surface area contributed by atoms with Crippen molar-refractivity contribution in [3.63, 3.8) is 0 Å². The Kier molecular flexibility index (Phi) is 3.90. The molecule has 1 atom stereocenters. The Morgan fingerprint density at radius 3 is 2.57 bits per heavy atom. The van der Waals surface area contributed by atoms with Crippen LogP contribution in [0.1, 0.15) is 31.1 Å². The first-order valence-corrected chi connectivity index (χ1v) is 5.39. The van der Waals surface area contributed by atoms with E-state index in [1.54, 1.807) is 0 Å². The molecule has 1 nitrogen and oxygen atoms in total. The summed E-state index contributed by atoms with van der Waals surface area (Å²) in [5, 5.41) is 9.86. The Bertz CT molecular complexity index is 351. The van der Waals surface area contributed by atoms with Gasteiger partial charge in [0.05, 0.1) is 6.10 Å². The minimum absolute atomic E-state index is 0.519. The molecule has 14 heavy (non-hydrogen) atoms. The molecule has 0 amide bonds. The number of rotatable bonds is 2. The Morgan fingerprint density at radius 2 is 2.07 bits per heavy atom. The molecular weight excluding hydrogens is 240 g/mol. The second-order valence-corrected chi connectivity index (χ2v) is 4.57. The number of benzene rings is 1. The zero-order valence-corrected chi connectivity index (χ0v) is 10.3. The van der Waals surface area contributed by atoms with Crippen molar-refractivity contribution in [2.75, 3.05) is 0 Å². The quantitative estimate of drug-likeness (QED) is 0.798. The highest BCUT2D eigenvalue weighted by Crippen LogP contribution is 2.25. The summed E-state index contributed by atoms with van der Waals surface area (Å²) in [5.41, 5.74) is 3.21. The van der Waals surface area contributed by atoms with E-state index in [0.29, 0.717) is 0 Å². The van der Waals surface area contributed by atoms with E-state index in [-0.39, 0.29) is 0 Å². The Hall–Kier alpha value is -0.600. The molecule has 0 heterocycles. The zero-order valence-electron chi connectivity index (χ0n) is 8.71. The highest BCUT2D eigenvalue weighted by atomic mass is 79.9. The van der Waals surface area contributed by atoms with Crippen LogP contribution in [-0.4, -0.2) is 5.11 Å². The molecule has 0 aliphatic heterocycles. The largest absolute Gasteiger partial charge is 0.384 e. The van der Waals surface area contributed by atoms with Gasteiger partial charge in [-0.2, -0.15) is 0 Å². The average molecular weight is 255 g/mol. The van der Waals surface area contributed by atoms with Crippen LogP contribution in [0.5, 0.6) is 0 Å². The standard InChI is InChI=1S/C12H15BrO/c1-8(2)6-12(14)10-5-4-9(3)7-11(10)13/h4-7,12,14H,1-3H3. The molecule has 0 aliphatic rings. The van der Waals surface area contributed by atoms with Gasteiger partial charge in [0.15, 0.2) is 0 Å². The van der Waals surface area contributed by atoms with Crippen molar-refractivity contribution in [1.82, 2.24) is 0 Å². The predicted octanol–water partition coefficient (Wildman–Crippen LogP) is 3.76. The van der Waals surface area contributed by atoms with E-state index >= 15 is 0 Å². The molecular formula is C12H15BrO. The van der Waals surface area contributed by atoms with Crippen molar-refractivity contribution in [3.8, 4) is 0 Å². The molecule has 1 aromatic carbocycles. The molecule has 1 N–H and O–H groups in total. The van der Waals surface area contributed by atoms with Gasteiger partial charge < -0.3 is 5.11 Å². The third kappa shape index (κ3) is 2.96. The molecule has 1 unspecified atom stereocenters. The van der Waals surface area contributed by atoms with Crippen LogP contribution < -0.4 is 0 Å². The Balaban J connectivity index is 3.02. The highest BCUT2D eigenvalue weighted by molar-refractivity contribution is 9.10. The van der Waals surface area contributed by atoms with Crippen molar-refractivity contribution in [1.29, 1.82) is 0 Å². The number of aliphatic hydroxyl groups excluding tert-OH is 1. The van der Waals surface area contributed by atoms with E-state index in [2.05, 4.69) is 15.9 Å². The highest BCUT2D eigenvalue weighted by Gasteiger charge is 2.07. The molecule has 0 aromatic heterocycles. The van der Waals surface area contributed by atoms with Crippen LogP contribution in [0.4, 0.5) is 0 Å². The number of halogens is 1. The minimum Gasteiger partial charge on any atom is -0.384 e. The van der Waals surface area contributed by atoms with Gasteiger partial charge in [-0.1, -0.05) is 39.7 Å². The third-order valence-electron chi connectivity index (χ3n) is 1.97. The number of hydrogen-bond acceptors (Lipinski definition) is 1. The number of hydrogen-bond donors (Lipinski definition) is 1. The lowest BCUT2D eigenvalue weighted by Crippen LogP contribution is -1.95. The number of aryl methyl sites for hydroxylation is 1. The van der Waals surface area contributed by atoms with Crippen molar-refractivity contribution in [2.45, 2.75) is 26.9 Å². The fourth-order valence-electron chi connectivity index (χ4n) is 1.28. The lowest BCUT2D eigenvalue weighted by Gasteiger charge is -2.10. The van der Waals surface area contributed by atoms with E-state index in [9.17, 15) is 5.11 Å². The Morgan fingerprint density at radius 1 is 1.43 bits per heavy atom. The van der Waals surface area contributed by atoms with Gasteiger partial charge >= 0.3 is 0 Å².